The average Bonchev–Trinajstić information content (AvgIpc) is 3.16. The zero-order valence-electron chi connectivity index (χ0n) is 16.5. The fraction of sp³-hybridized carbons (Fsp3) is 0.895. The number of carbonyl (C=O) groups excluding carboxylic acids is 1. The Labute approximate surface area is 157 Å². The molecule has 1 saturated heterocycles. The summed E-state index contributed by atoms with van der Waals surface area (Å²) in [7, 11) is 3.51. The van der Waals surface area contributed by atoms with Crippen molar-refractivity contribution in [2.45, 2.75) is 63.5 Å². The van der Waals surface area contributed by atoms with Gasteiger partial charge in [-0.2, -0.15) is 0 Å². The molecule has 0 radical (unpaired) electrons. The van der Waals surface area contributed by atoms with Gasteiger partial charge in [0.05, 0.1) is 12.7 Å². The summed E-state index contributed by atoms with van der Waals surface area (Å²) in [6.45, 7) is 3.22. The van der Waals surface area contributed by atoms with Crippen LogP contribution in [0.5, 0.6) is 0 Å². The van der Waals surface area contributed by atoms with E-state index in [1.54, 1.807) is 19.0 Å². The zero-order valence-corrected chi connectivity index (χ0v) is 16.5. The van der Waals surface area contributed by atoms with Gasteiger partial charge in [-0.1, -0.05) is 19.3 Å². The van der Waals surface area contributed by atoms with Crippen molar-refractivity contribution in [2.75, 3.05) is 47.0 Å². The Morgan fingerprint density at radius 3 is 2.69 bits per heavy atom. The molecule has 0 aromatic heterocycles. The smallest absolute Gasteiger partial charge is 0.243 e. The van der Waals surface area contributed by atoms with Gasteiger partial charge in [-0.05, 0) is 32.1 Å². The second-order valence-corrected chi connectivity index (χ2v) is 7.42. The van der Waals surface area contributed by atoms with Crippen molar-refractivity contribution in [3.8, 4) is 0 Å². The Morgan fingerprint density at radius 1 is 1.19 bits per heavy atom. The van der Waals surface area contributed by atoms with Crippen molar-refractivity contribution in [2.24, 2.45) is 4.99 Å². The van der Waals surface area contributed by atoms with Crippen molar-refractivity contribution in [1.29, 1.82) is 0 Å². The number of nitrogens with zero attached hydrogens (tertiary/aromatic N) is 2. The summed E-state index contributed by atoms with van der Waals surface area (Å²) in [6, 6.07) is 0.459. The second-order valence-electron chi connectivity index (χ2n) is 7.42. The molecule has 1 heterocycles. The first-order chi connectivity index (χ1) is 12.6. The van der Waals surface area contributed by atoms with E-state index in [0.717, 1.165) is 38.4 Å². The molecule has 150 valence electrons. The van der Waals surface area contributed by atoms with Crippen LogP contribution in [0.25, 0.3) is 0 Å². The third-order valence-corrected chi connectivity index (χ3v) is 4.90. The van der Waals surface area contributed by atoms with Crippen molar-refractivity contribution >= 4 is 11.9 Å². The van der Waals surface area contributed by atoms with Crippen LogP contribution in [0.3, 0.4) is 0 Å². The van der Waals surface area contributed by atoms with Crippen molar-refractivity contribution in [1.82, 2.24) is 15.5 Å². The van der Waals surface area contributed by atoms with E-state index in [1.165, 1.54) is 32.1 Å². The number of ether oxygens (including phenoxy) is 2. The minimum absolute atomic E-state index is 0.00893. The van der Waals surface area contributed by atoms with Crippen molar-refractivity contribution < 1.29 is 14.3 Å². The molecule has 0 bridgehead atoms. The van der Waals surface area contributed by atoms with Crippen LogP contribution in [0.1, 0.15) is 51.4 Å². The molecule has 0 aromatic carbocycles. The Kier molecular flexibility index (Phi) is 9.77. The first kappa shape index (κ1) is 21.0. The van der Waals surface area contributed by atoms with E-state index in [1.807, 2.05) is 0 Å². The molecule has 0 spiro atoms. The number of carbonyl (C=O) groups is 1. The molecular weight excluding hydrogens is 332 g/mol. The van der Waals surface area contributed by atoms with E-state index in [9.17, 15) is 4.79 Å². The van der Waals surface area contributed by atoms with Gasteiger partial charge < -0.3 is 25.0 Å². The fourth-order valence-electron chi connectivity index (χ4n) is 3.25. The Balaban J connectivity index is 1.67. The molecule has 1 aliphatic heterocycles. The van der Waals surface area contributed by atoms with Gasteiger partial charge in [-0.3, -0.25) is 4.79 Å². The van der Waals surface area contributed by atoms with Gasteiger partial charge >= 0.3 is 0 Å². The normalized spacial score (nSPS) is 21.6. The summed E-state index contributed by atoms with van der Waals surface area (Å²) in [6.07, 6.45) is 9.63. The van der Waals surface area contributed by atoms with Gasteiger partial charge in [0.15, 0.2) is 5.96 Å². The van der Waals surface area contributed by atoms with Gasteiger partial charge in [-0.25, -0.2) is 4.99 Å². The highest BCUT2D eigenvalue weighted by Crippen LogP contribution is 2.17. The van der Waals surface area contributed by atoms with Crippen LogP contribution < -0.4 is 10.6 Å². The quantitative estimate of drug-likeness (QED) is 0.367. The summed E-state index contributed by atoms with van der Waals surface area (Å²) in [5, 5.41) is 6.84. The number of amides is 1. The first-order valence-electron chi connectivity index (χ1n) is 10.1. The summed E-state index contributed by atoms with van der Waals surface area (Å²) in [5.41, 5.74) is 0. The lowest BCUT2D eigenvalue weighted by atomic mass is 9.96. The Bertz CT molecular complexity index is 431. The zero-order chi connectivity index (χ0) is 18.6. The van der Waals surface area contributed by atoms with Gasteiger partial charge in [0.2, 0.25) is 5.91 Å². The predicted molar refractivity (Wildman–Crippen MR) is 103 cm³/mol. The van der Waals surface area contributed by atoms with Gasteiger partial charge in [0.25, 0.3) is 0 Å². The first-order valence-corrected chi connectivity index (χ1v) is 10.1. The fourth-order valence-corrected chi connectivity index (χ4v) is 3.25. The molecule has 2 fully saturated rings. The Hall–Kier alpha value is -1.34. The van der Waals surface area contributed by atoms with E-state index in [4.69, 9.17) is 9.47 Å². The van der Waals surface area contributed by atoms with Crippen LogP contribution in [0.15, 0.2) is 4.99 Å². The summed E-state index contributed by atoms with van der Waals surface area (Å²) in [5.74, 6) is 0.751. The third kappa shape index (κ3) is 8.36. The molecular formula is C19H36N4O3. The lowest BCUT2D eigenvalue weighted by Gasteiger charge is -2.25. The summed E-state index contributed by atoms with van der Waals surface area (Å²) in [4.78, 5) is 17.8. The van der Waals surface area contributed by atoms with Crippen LogP contribution in [-0.4, -0.2) is 75.9 Å². The molecule has 2 N–H and O–H groups in total. The number of hydrogen-bond donors (Lipinski definition) is 2. The molecule has 2 aliphatic rings. The topological polar surface area (TPSA) is 75.2 Å². The molecule has 26 heavy (non-hydrogen) atoms. The molecule has 1 atom stereocenters. The standard InChI is InChI=1S/C19H36N4O3/c1-23(2)18(24)14-21-19(22-16-8-4-3-5-9-16)20-11-7-12-25-15-17-10-6-13-26-17/h16-17H,3-15H2,1-2H3,(H2,20,21,22). The lowest BCUT2D eigenvalue weighted by molar-refractivity contribution is -0.127. The maximum Gasteiger partial charge on any atom is 0.243 e. The van der Waals surface area contributed by atoms with Crippen LogP contribution >= 0.6 is 0 Å². The largest absolute Gasteiger partial charge is 0.379 e. The highest BCUT2D eigenvalue weighted by molar-refractivity contribution is 5.84. The minimum Gasteiger partial charge on any atom is -0.379 e. The van der Waals surface area contributed by atoms with Gasteiger partial charge in [-0.15, -0.1) is 0 Å². The Morgan fingerprint density at radius 2 is 2.00 bits per heavy atom. The van der Waals surface area contributed by atoms with Crippen LogP contribution in [0.2, 0.25) is 0 Å². The second kappa shape index (κ2) is 12.1. The SMILES string of the molecule is CN(C)C(=O)CN=C(NCCCOCC1CCCO1)NC1CCCCC1. The van der Waals surface area contributed by atoms with Crippen molar-refractivity contribution in [3.05, 3.63) is 0 Å². The highest BCUT2D eigenvalue weighted by Gasteiger charge is 2.16. The molecule has 7 heteroatoms. The van der Waals surface area contributed by atoms with E-state index < -0.39 is 0 Å². The highest BCUT2D eigenvalue weighted by atomic mass is 16.5. The van der Waals surface area contributed by atoms with Crippen LogP contribution in [0.4, 0.5) is 0 Å². The van der Waals surface area contributed by atoms with E-state index in [2.05, 4.69) is 15.6 Å². The number of guanidine groups is 1. The van der Waals surface area contributed by atoms with Crippen LogP contribution in [-0.2, 0) is 14.3 Å². The number of aliphatic imine (C=N–C) groups is 1. The molecule has 1 amide bonds. The van der Waals surface area contributed by atoms with Crippen LogP contribution in [0, 0.1) is 0 Å². The molecule has 1 aliphatic carbocycles. The molecule has 1 unspecified atom stereocenters. The number of nitrogens with one attached hydrogen (secondary N) is 2. The molecule has 2 rings (SSSR count). The lowest BCUT2D eigenvalue weighted by Crippen LogP contribution is -2.45. The van der Waals surface area contributed by atoms with Gasteiger partial charge in [0, 0.05) is 39.9 Å². The van der Waals surface area contributed by atoms with Gasteiger partial charge in [0.1, 0.15) is 6.54 Å². The number of rotatable bonds is 9. The molecule has 0 aromatic rings. The summed E-state index contributed by atoms with van der Waals surface area (Å²) >= 11 is 0. The monoisotopic (exact) mass is 368 g/mol. The summed E-state index contributed by atoms with van der Waals surface area (Å²) < 4.78 is 11.2. The average molecular weight is 369 g/mol. The maximum atomic E-state index is 11.8. The van der Waals surface area contributed by atoms with E-state index in [-0.39, 0.29) is 18.6 Å². The van der Waals surface area contributed by atoms with Crippen molar-refractivity contribution in [3.63, 3.8) is 0 Å². The predicted octanol–water partition coefficient (Wildman–Crippen LogP) is 1.53. The molecule has 7 nitrogen and oxygen atoms in total. The maximum absolute atomic E-state index is 11.8. The number of hydrogen-bond acceptors (Lipinski definition) is 4. The van der Waals surface area contributed by atoms with E-state index >= 15 is 0 Å². The van der Waals surface area contributed by atoms with E-state index in [0.29, 0.717) is 19.3 Å². The minimum atomic E-state index is 0.00893. The molecule has 1 saturated carbocycles. The number of likely N-dealkylation sites (N-methyl/N-ethyl adjacent to an activating group) is 1. The third-order valence-electron chi connectivity index (χ3n) is 4.90.